The number of benzene rings is 1. The first-order chi connectivity index (χ1) is 15.6. The molecule has 1 atom stereocenters. The molecule has 0 saturated carbocycles. The van der Waals surface area contributed by atoms with Crippen molar-refractivity contribution < 1.29 is 24.1 Å². The normalized spacial score (nSPS) is 14.7. The Labute approximate surface area is 185 Å². The molecule has 0 aliphatic heterocycles. The van der Waals surface area contributed by atoms with Crippen LogP contribution in [-0.2, 0) is 13.0 Å². The van der Waals surface area contributed by atoms with E-state index in [1.165, 1.54) is 7.11 Å². The Balaban J connectivity index is 2.07. The molecule has 2 aromatic carbocycles. The lowest BCUT2D eigenvalue weighted by Gasteiger charge is -2.19. The van der Waals surface area contributed by atoms with E-state index in [-0.39, 0.29) is 23.8 Å². The van der Waals surface area contributed by atoms with Gasteiger partial charge in [-0.25, -0.2) is 4.68 Å². The van der Waals surface area contributed by atoms with Crippen LogP contribution < -0.4 is 24.4 Å². The van der Waals surface area contributed by atoms with E-state index in [2.05, 4.69) is 10.3 Å². The topological polar surface area (TPSA) is 105 Å². The predicted molar refractivity (Wildman–Crippen MR) is 117 cm³/mol. The highest BCUT2D eigenvalue weighted by Crippen LogP contribution is 2.50. The molecule has 0 amide bonds. The van der Waals surface area contributed by atoms with Crippen molar-refractivity contribution in [2.24, 2.45) is 0 Å². The summed E-state index contributed by atoms with van der Waals surface area (Å²) in [4.78, 5) is 12.9. The number of hydrogen-bond donors (Lipinski definition) is 1. The van der Waals surface area contributed by atoms with Gasteiger partial charge < -0.3 is 24.1 Å². The van der Waals surface area contributed by atoms with E-state index >= 15 is 0 Å². The molecule has 168 valence electrons. The molecule has 9 nitrogen and oxygen atoms in total. The Morgan fingerprint density at radius 1 is 1.03 bits per heavy atom. The zero-order valence-electron chi connectivity index (χ0n) is 18.4. The number of fused-ring (bicyclic) bond motifs is 3. The van der Waals surface area contributed by atoms with Crippen LogP contribution in [0.1, 0.15) is 29.3 Å². The zero-order valence-corrected chi connectivity index (χ0v) is 18.4. The van der Waals surface area contributed by atoms with Crippen molar-refractivity contribution in [1.29, 1.82) is 0 Å². The van der Waals surface area contributed by atoms with Gasteiger partial charge in [0.1, 0.15) is 5.69 Å². The van der Waals surface area contributed by atoms with Crippen LogP contribution in [0, 0.1) is 0 Å². The first-order valence-electron chi connectivity index (χ1n) is 10.1. The minimum Gasteiger partial charge on any atom is -0.493 e. The molecule has 0 saturated heterocycles. The minimum absolute atomic E-state index is 0.217. The molecule has 0 radical (unpaired) electrons. The van der Waals surface area contributed by atoms with Crippen molar-refractivity contribution in [3.05, 3.63) is 57.5 Å². The fourth-order valence-electron chi connectivity index (χ4n) is 4.26. The molecular formula is C23H25N3O6. The Kier molecular flexibility index (Phi) is 6.00. The lowest BCUT2D eigenvalue weighted by molar-refractivity contribution is 0.276. The second-order valence-electron chi connectivity index (χ2n) is 7.36. The summed E-state index contributed by atoms with van der Waals surface area (Å²) in [7, 11) is 6.18. The van der Waals surface area contributed by atoms with Crippen LogP contribution in [0.25, 0.3) is 11.1 Å². The van der Waals surface area contributed by atoms with E-state index in [0.717, 1.165) is 22.3 Å². The summed E-state index contributed by atoms with van der Waals surface area (Å²) in [5.74, 6) is 1.79. The van der Waals surface area contributed by atoms with Gasteiger partial charge >= 0.3 is 0 Å². The van der Waals surface area contributed by atoms with Crippen LogP contribution in [0.15, 0.2) is 35.3 Å². The minimum atomic E-state index is -0.295. The maximum absolute atomic E-state index is 12.9. The monoisotopic (exact) mass is 439 g/mol. The Hall–Kier alpha value is -3.59. The number of aromatic nitrogens is 3. The molecule has 1 aliphatic carbocycles. The molecule has 32 heavy (non-hydrogen) atoms. The molecule has 0 bridgehead atoms. The molecule has 9 heteroatoms. The van der Waals surface area contributed by atoms with Crippen LogP contribution >= 0.6 is 0 Å². The van der Waals surface area contributed by atoms with Gasteiger partial charge in [0.25, 0.3) is 0 Å². The summed E-state index contributed by atoms with van der Waals surface area (Å²) in [6.45, 7) is -0.217. The Bertz CT molecular complexity index is 1210. The summed E-state index contributed by atoms with van der Waals surface area (Å²) >= 11 is 0. The highest BCUT2D eigenvalue weighted by atomic mass is 16.5. The van der Waals surface area contributed by atoms with Gasteiger partial charge in [-0.1, -0.05) is 11.3 Å². The molecule has 4 rings (SSSR count). The number of rotatable bonds is 6. The number of methoxy groups -OCH3 is 4. The third kappa shape index (κ3) is 3.54. The van der Waals surface area contributed by atoms with E-state index in [1.807, 2.05) is 12.1 Å². The smallest absolute Gasteiger partial charge is 0.220 e. The van der Waals surface area contributed by atoms with Crippen LogP contribution in [0.5, 0.6) is 23.0 Å². The Morgan fingerprint density at radius 2 is 1.78 bits per heavy atom. The predicted octanol–water partition coefficient (Wildman–Crippen LogP) is 2.37. The maximum atomic E-state index is 12.9. The first kappa shape index (κ1) is 21.6. The first-order valence-corrected chi connectivity index (χ1v) is 10.1. The third-order valence-electron chi connectivity index (χ3n) is 5.73. The van der Waals surface area contributed by atoms with Gasteiger partial charge in [-0.2, -0.15) is 0 Å². The number of aliphatic hydroxyl groups is 1. The van der Waals surface area contributed by atoms with Gasteiger partial charge in [-0.15, -0.1) is 5.10 Å². The SMILES string of the molecule is COc1cc2c(c(OC)c1OC)-c1ccc(OC)c(=O)cc1[C@@H](n1cc(CO)nn1)CC2. The molecule has 3 aromatic rings. The standard InChI is InChI=1S/C23H25N3O6/c1-29-19-8-6-15-16(10-18(19)28)17(26-11-14(12-27)24-25-26)7-5-13-9-20(30-2)22(31-3)23(32-4)21(13)15/h6,8-11,17,27H,5,7,12H2,1-4H3/t17-/m0/s1. The van der Waals surface area contributed by atoms with Gasteiger partial charge in [-0.3, -0.25) is 4.79 Å². The molecular weight excluding hydrogens is 414 g/mol. The highest BCUT2D eigenvalue weighted by molar-refractivity contribution is 5.82. The van der Waals surface area contributed by atoms with Crippen LogP contribution in [0.3, 0.4) is 0 Å². The average molecular weight is 439 g/mol. The average Bonchev–Trinajstić information content (AvgIpc) is 3.16. The molecule has 0 unspecified atom stereocenters. The van der Waals surface area contributed by atoms with Crippen LogP contribution in [0.2, 0.25) is 0 Å². The number of nitrogens with zero attached hydrogens (tertiary/aromatic N) is 3. The number of ether oxygens (including phenoxy) is 4. The van der Waals surface area contributed by atoms with Gasteiger partial charge in [0.2, 0.25) is 11.2 Å². The fourth-order valence-corrected chi connectivity index (χ4v) is 4.26. The van der Waals surface area contributed by atoms with E-state index in [1.54, 1.807) is 44.3 Å². The number of hydrogen-bond acceptors (Lipinski definition) is 8. The van der Waals surface area contributed by atoms with Crippen molar-refractivity contribution >= 4 is 0 Å². The van der Waals surface area contributed by atoms with Crippen molar-refractivity contribution in [2.75, 3.05) is 28.4 Å². The van der Waals surface area contributed by atoms with Crippen molar-refractivity contribution in [1.82, 2.24) is 15.0 Å². The summed E-state index contributed by atoms with van der Waals surface area (Å²) in [5.41, 5.74) is 3.56. The van der Waals surface area contributed by atoms with Crippen molar-refractivity contribution in [3.63, 3.8) is 0 Å². The quantitative estimate of drug-likeness (QED) is 0.624. The lowest BCUT2D eigenvalue weighted by atomic mass is 9.95. The molecule has 1 heterocycles. The van der Waals surface area contributed by atoms with Gasteiger partial charge in [0, 0.05) is 5.56 Å². The second-order valence-corrected chi connectivity index (χ2v) is 7.36. The summed E-state index contributed by atoms with van der Waals surface area (Å²) in [6.07, 6.45) is 2.99. The molecule has 1 N–H and O–H groups in total. The van der Waals surface area contributed by atoms with Crippen LogP contribution in [-0.4, -0.2) is 48.5 Å². The van der Waals surface area contributed by atoms with E-state index in [0.29, 0.717) is 35.8 Å². The molecule has 1 aliphatic rings. The van der Waals surface area contributed by atoms with Gasteiger partial charge in [0.15, 0.2) is 17.2 Å². The largest absolute Gasteiger partial charge is 0.493 e. The number of aliphatic hydroxyl groups excluding tert-OH is 1. The van der Waals surface area contributed by atoms with E-state index in [9.17, 15) is 9.90 Å². The fraction of sp³-hybridized carbons (Fsp3) is 0.348. The summed E-state index contributed by atoms with van der Waals surface area (Å²) < 4.78 is 23.9. The molecule has 1 aromatic heterocycles. The second kappa shape index (κ2) is 8.88. The van der Waals surface area contributed by atoms with Crippen molar-refractivity contribution in [3.8, 4) is 34.1 Å². The summed E-state index contributed by atoms with van der Waals surface area (Å²) in [6, 6.07) is 6.72. The zero-order chi connectivity index (χ0) is 22.8. The molecule has 0 fully saturated rings. The van der Waals surface area contributed by atoms with Gasteiger partial charge in [-0.05, 0) is 47.7 Å². The number of aryl methyl sites for hydroxylation is 1. The van der Waals surface area contributed by atoms with E-state index in [4.69, 9.17) is 18.9 Å². The van der Waals surface area contributed by atoms with E-state index < -0.39 is 0 Å². The Morgan fingerprint density at radius 3 is 2.41 bits per heavy atom. The third-order valence-corrected chi connectivity index (χ3v) is 5.73. The lowest BCUT2D eigenvalue weighted by Crippen LogP contribution is -2.13. The highest BCUT2D eigenvalue weighted by Gasteiger charge is 2.30. The maximum Gasteiger partial charge on any atom is 0.220 e. The summed E-state index contributed by atoms with van der Waals surface area (Å²) in [5, 5.41) is 17.7. The molecule has 0 spiro atoms. The van der Waals surface area contributed by atoms with Crippen molar-refractivity contribution in [2.45, 2.75) is 25.5 Å². The van der Waals surface area contributed by atoms with Crippen LogP contribution in [0.4, 0.5) is 0 Å². The van der Waals surface area contributed by atoms with Gasteiger partial charge in [0.05, 0.1) is 47.3 Å².